The molecule has 1 saturated carbocycles. The van der Waals surface area contributed by atoms with Gasteiger partial charge in [-0.05, 0) is 37.1 Å². The number of aromatic nitrogens is 5. The van der Waals surface area contributed by atoms with Crippen molar-refractivity contribution in [3.05, 3.63) is 40.9 Å². The standard InChI is InChI=1S/C18H18FN7O2S2/c1-26-13(8-14(27)20-12-6-4-11(19)5-7-12)22-25-18(26)29-9-15(28)21-17-24-23-16(30-17)10-2-3-10/h4-7,10H,2-3,8-9H2,1H3,(H,20,27)(H,21,24,28). The Balaban J connectivity index is 1.27. The summed E-state index contributed by atoms with van der Waals surface area (Å²) in [6.45, 7) is 0. The van der Waals surface area contributed by atoms with Crippen molar-refractivity contribution in [2.24, 2.45) is 7.05 Å². The fourth-order valence-electron chi connectivity index (χ4n) is 2.57. The van der Waals surface area contributed by atoms with Gasteiger partial charge in [-0.3, -0.25) is 14.9 Å². The van der Waals surface area contributed by atoms with E-state index in [4.69, 9.17) is 0 Å². The second-order valence-electron chi connectivity index (χ2n) is 6.75. The molecule has 156 valence electrons. The number of hydrogen-bond acceptors (Lipinski definition) is 8. The molecule has 0 radical (unpaired) electrons. The Hall–Kier alpha value is -2.86. The molecular formula is C18H18FN7O2S2. The lowest BCUT2D eigenvalue weighted by Gasteiger charge is -2.06. The molecule has 2 amide bonds. The molecule has 2 N–H and O–H groups in total. The lowest BCUT2D eigenvalue weighted by Crippen LogP contribution is -2.17. The van der Waals surface area contributed by atoms with Crippen LogP contribution < -0.4 is 10.6 Å². The smallest absolute Gasteiger partial charge is 0.236 e. The van der Waals surface area contributed by atoms with Gasteiger partial charge in [-0.25, -0.2) is 4.39 Å². The van der Waals surface area contributed by atoms with Gasteiger partial charge in [0.15, 0.2) is 5.16 Å². The number of halogens is 1. The molecule has 0 spiro atoms. The van der Waals surface area contributed by atoms with Crippen molar-refractivity contribution in [3.63, 3.8) is 0 Å². The van der Waals surface area contributed by atoms with Crippen LogP contribution in [0.3, 0.4) is 0 Å². The summed E-state index contributed by atoms with van der Waals surface area (Å²) < 4.78 is 14.6. The quantitative estimate of drug-likeness (QED) is 0.510. The van der Waals surface area contributed by atoms with Gasteiger partial charge in [0.1, 0.15) is 16.6 Å². The monoisotopic (exact) mass is 447 g/mol. The van der Waals surface area contributed by atoms with Crippen LogP contribution in [-0.4, -0.2) is 42.5 Å². The summed E-state index contributed by atoms with van der Waals surface area (Å²) in [6, 6.07) is 5.50. The molecule has 0 saturated heterocycles. The average molecular weight is 448 g/mol. The molecule has 0 atom stereocenters. The van der Waals surface area contributed by atoms with Crippen LogP contribution >= 0.6 is 23.1 Å². The molecule has 9 nitrogen and oxygen atoms in total. The average Bonchev–Trinajstić information content (AvgIpc) is 3.38. The summed E-state index contributed by atoms with van der Waals surface area (Å²) in [6.07, 6.45) is 2.27. The van der Waals surface area contributed by atoms with Crippen molar-refractivity contribution in [2.45, 2.75) is 30.3 Å². The Morgan fingerprint density at radius 2 is 1.90 bits per heavy atom. The number of anilines is 2. The van der Waals surface area contributed by atoms with Crippen molar-refractivity contribution >= 4 is 45.7 Å². The molecule has 2 aromatic heterocycles. The number of rotatable bonds is 8. The van der Waals surface area contributed by atoms with Crippen LogP contribution in [0.1, 0.15) is 29.6 Å². The second kappa shape index (κ2) is 8.88. The minimum atomic E-state index is -0.374. The number of carbonyl (C=O) groups is 2. The first-order valence-electron chi connectivity index (χ1n) is 9.17. The summed E-state index contributed by atoms with van der Waals surface area (Å²) in [5, 5.41) is 23.6. The summed E-state index contributed by atoms with van der Waals surface area (Å²) in [7, 11) is 1.73. The van der Waals surface area contributed by atoms with Gasteiger partial charge in [-0.15, -0.1) is 20.4 Å². The maximum absolute atomic E-state index is 12.9. The molecular weight excluding hydrogens is 429 g/mol. The van der Waals surface area contributed by atoms with E-state index in [1.165, 1.54) is 47.4 Å². The topological polar surface area (TPSA) is 115 Å². The second-order valence-corrected chi connectivity index (χ2v) is 8.70. The zero-order chi connectivity index (χ0) is 21.1. The molecule has 4 rings (SSSR count). The summed E-state index contributed by atoms with van der Waals surface area (Å²) in [5.74, 6) is 0.204. The van der Waals surface area contributed by atoms with E-state index in [-0.39, 0.29) is 29.8 Å². The zero-order valence-corrected chi connectivity index (χ0v) is 17.6. The lowest BCUT2D eigenvalue weighted by molar-refractivity contribution is -0.116. The van der Waals surface area contributed by atoms with E-state index in [9.17, 15) is 14.0 Å². The molecule has 3 aromatic rings. The van der Waals surface area contributed by atoms with Gasteiger partial charge >= 0.3 is 0 Å². The first kappa shape index (κ1) is 20.4. The molecule has 1 aromatic carbocycles. The van der Waals surface area contributed by atoms with E-state index in [1.807, 2.05) is 0 Å². The largest absolute Gasteiger partial charge is 0.326 e. The summed E-state index contributed by atoms with van der Waals surface area (Å²) >= 11 is 2.62. The van der Waals surface area contributed by atoms with E-state index < -0.39 is 0 Å². The van der Waals surface area contributed by atoms with Crippen LogP contribution in [0, 0.1) is 5.82 Å². The van der Waals surface area contributed by atoms with Gasteiger partial charge in [-0.2, -0.15) is 0 Å². The molecule has 0 unspecified atom stereocenters. The third-order valence-electron chi connectivity index (χ3n) is 4.32. The Kier molecular flexibility index (Phi) is 6.04. The number of nitrogens with one attached hydrogen (secondary N) is 2. The minimum absolute atomic E-state index is 0.00234. The highest BCUT2D eigenvalue weighted by atomic mass is 32.2. The van der Waals surface area contributed by atoms with Gasteiger partial charge in [0, 0.05) is 18.7 Å². The van der Waals surface area contributed by atoms with E-state index in [1.54, 1.807) is 11.6 Å². The van der Waals surface area contributed by atoms with Crippen LogP contribution in [0.15, 0.2) is 29.4 Å². The van der Waals surface area contributed by atoms with Gasteiger partial charge in [0.05, 0.1) is 12.2 Å². The number of amides is 2. The molecule has 2 heterocycles. The fraction of sp³-hybridized carbons (Fsp3) is 0.333. The predicted molar refractivity (Wildman–Crippen MR) is 111 cm³/mol. The van der Waals surface area contributed by atoms with Crippen LogP contribution in [-0.2, 0) is 23.1 Å². The number of hydrogen-bond donors (Lipinski definition) is 2. The highest BCUT2D eigenvalue weighted by Crippen LogP contribution is 2.42. The summed E-state index contributed by atoms with van der Waals surface area (Å²) in [5.41, 5.74) is 0.497. The molecule has 1 aliphatic carbocycles. The highest BCUT2D eigenvalue weighted by Gasteiger charge is 2.27. The number of carbonyl (C=O) groups excluding carboxylic acids is 2. The molecule has 1 fully saturated rings. The molecule has 0 bridgehead atoms. The third-order valence-corrected chi connectivity index (χ3v) is 6.34. The maximum atomic E-state index is 12.9. The van der Waals surface area contributed by atoms with Crippen molar-refractivity contribution in [3.8, 4) is 0 Å². The Morgan fingerprint density at radius 1 is 1.13 bits per heavy atom. The molecule has 12 heteroatoms. The van der Waals surface area contributed by atoms with Crippen LogP contribution in [0.4, 0.5) is 15.2 Å². The summed E-state index contributed by atoms with van der Waals surface area (Å²) in [4.78, 5) is 24.3. The first-order chi connectivity index (χ1) is 14.5. The Labute approximate surface area is 179 Å². The third kappa shape index (κ3) is 5.19. The van der Waals surface area contributed by atoms with E-state index in [2.05, 4.69) is 31.0 Å². The normalized spacial score (nSPS) is 13.3. The SMILES string of the molecule is Cn1c(CC(=O)Nc2ccc(F)cc2)nnc1SCC(=O)Nc1nnc(C2CC2)s1. The van der Waals surface area contributed by atoms with Gasteiger partial charge in [0.2, 0.25) is 16.9 Å². The van der Waals surface area contributed by atoms with E-state index >= 15 is 0 Å². The van der Waals surface area contributed by atoms with Crippen molar-refractivity contribution in [1.82, 2.24) is 25.0 Å². The van der Waals surface area contributed by atoms with Gasteiger partial charge in [-0.1, -0.05) is 23.1 Å². The lowest BCUT2D eigenvalue weighted by atomic mass is 10.3. The predicted octanol–water partition coefficient (Wildman–Crippen LogP) is 2.60. The van der Waals surface area contributed by atoms with Gasteiger partial charge < -0.3 is 9.88 Å². The van der Waals surface area contributed by atoms with Crippen LogP contribution in [0.25, 0.3) is 0 Å². The van der Waals surface area contributed by atoms with E-state index in [0.29, 0.717) is 27.7 Å². The number of nitrogens with zero attached hydrogens (tertiary/aromatic N) is 5. The molecule has 1 aliphatic rings. The van der Waals surface area contributed by atoms with Crippen LogP contribution in [0.5, 0.6) is 0 Å². The van der Waals surface area contributed by atoms with Gasteiger partial charge in [0.25, 0.3) is 0 Å². The number of thioether (sulfide) groups is 1. The van der Waals surface area contributed by atoms with E-state index in [0.717, 1.165) is 17.8 Å². The molecule has 30 heavy (non-hydrogen) atoms. The zero-order valence-electron chi connectivity index (χ0n) is 16.0. The Bertz CT molecular complexity index is 1060. The Morgan fingerprint density at radius 3 is 2.63 bits per heavy atom. The van der Waals surface area contributed by atoms with Crippen LogP contribution in [0.2, 0.25) is 0 Å². The molecule has 0 aliphatic heterocycles. The van der Waals surface area contributed by atoms with Crippen molar-refractivity contribution < 1.29 is 14.0 Å². The number of benzene rings is 1. The van der Waals surface area contributed by atoms with Crippen molar-refractivity contribution in [1.29, 1.82) is 0 Å². The first-order valence-corrected chi connectivity index (χ1v) is 11.0. The van der Waals surface area contributed by atoms with Crippen molar-refractivity contribution in [2.75, 3.05) is 16.4 Å². The fourth-order valence-corrected chi connectivity index (χ4v) is 4.23. The minimum Gasteiger partial charge on any atom is -0.326 e. The highest BCUT2D eigenvalue weighted by molar-refractivity contribution is 7.99. The maximum Gasteiger partial charge on any atom is 0.236 e.